The Morgan fingerprint density at radius 3 is 2.93 bits per heavy atom. The summed E-state index contributed by atoms with van der Waals surface area (Å²) in [7, 11) is 0. The lowest BCUT2D eigenvalue weighted by Crippen LogP contribution is -2.18. The number of aromatic nitrogens is 3. The molecular weight excluding hydrogens is 180 g/mol. The maximum Gasteiger partial charge on any atom is 0.0991 e. The summed E-state index contributed by atoms with van der Waals surface area (Å²) in [5.41, 5.74) is 6.46. The van der Waals surface area contributed by atoms with Crippen molar-refractivity contribution < 1.29 is 5.11 Å². The van der Waals surface area contributed by atoms with Crippen molar-refractivity contribution in [1.82, 2.24) is 15.0 Å². The van der Waals surface area contributed by atoms with Crippen molar-refractivity contribution in [2.75, 3.05) is 0 Å². The molecule has 5 heteroatoms. The second kappa shape index (κ2) is 3.67. The summed E-state index contributed by atoms with van der Waals surface area (Å²) >= 11 is 0. The second-order valence-corrected chi connectivity index (χ2v) is 3.98. The van der Waals surface area contributed by atoms with Gasteiger partial charge in [-0.05, 0) is 26.2 Å². The lowest BCUT2D eigenvalue weighted by molar-refractivity contribution is 0.129. The summed E-state index contributed by atoms with van der Waals surface area (Å²) in [6, 6.07) is -0.00250. The predicted molar refractivity (Wildman–Crippen MR) is 51.5 cm³/mol. The molecule has 1 aliphatic carbocycles. The van der Waals surface area contributed by atoms with Crippen LogP contribution in [0.5, 0.6) is 0 Å². The molecule has 0 aromatic carbocycles. The van der Waals surface area contributed by atoms with Crippen molar-refractivity contribution >= 4 is 0 Å². The van der Waals surface area contributed by atoms with Crippen molar-refractivity contribution in [3.8, 4) is 0 Å². The van der Waals surface area contributed by atoms with Crippen molar-refractivity contribution in [2.24, 2.45) is 5.73 Å². The van der Waals surface area contributed by atoms with Crippen LogP contribution in [0.25, 0.3) is 0 Å². The van der Waals surface area contributed by atoms with Crippen LogP contribution in [0.2, 0.25) is 0 Å². The first-order valence-electron chi connectivity index (χ1n) is 5.04. The quantitative estimate of drug-likeness (QED) is 0.717. The van der Waals surface area contributed by atoms with E-state index in [1.807, 2.05) is 13.1 Å². The standard InChI is InChI=1S/C9H16N4O/c1-6(10)7-5-13(12-11-7)8-3-2-4-9(8)14/h5-6,8-9,14H,2-4,10H2,1H3/t6-,8?,9?/m0/s1. The minimum Gasteiger partial charge on any atom is -0.391 e. The van der Waals surface area contributed by atoms with Crippen LogP contribution >= 0.6 is 0 Å². The van der Waals surface area contributed by atoms with E-state index in [0.717, 1.165) is 25.0 Å². The molecule has 5 nitrogen and oxygen atoms in total. The zero-order valence-corrected chi connectivity index (χ0v) is 8.30. The van der Waals surface area contributed by atoms with Gasteiger partial charge in [0.15, 0.2) is 0 Å². The number of hydrogen-bond acceptors (Lipinski definition) is 4. The van der Waals surface area contributed by atoms with Crippen molar-refractivity contribution in [1.29, 1.82) is 0 Å². The minimum atomic E-state index is -0.280. The van der Waals surface area contributed by atoms with Gasteiger partial charge in [-0.15, -0.1) is 5.10 Å². The highest BCUT2D eigenvalue weighted by Gasteiger charge is 2.27. The fraction of sp³-hybridized carbons (Fsp3) is 0.778. The Balaban J connectivity index is 2.16. The molecule has 1 aromatic heterocycles. The first kappa shape index (κ1) is 9.61. The van der Waals surface area contributed by atoms with Gasteiger partial charge in [-0.25, -0.2) is 4.68 Å². The van der Waals surface area contributed by atoms with Gasteiger partial charge >= 0.3 is 0 Å². The predicted octanol–water partition coefficient (Wildman–Crippen LogP) is 0.384. The Morgan fingerprint density at radius 1 is 1.64 bits per heavy atom. The van der Waals surface area contributed by atoms with Crippen LogP contribution in [0.15, 0.2) is 6.20 Å². The first-order valence-corrected chi connectivity index (χ1v) is 5.04. The van der Waals surface area contributed by atoms with Gasteiger partial charge in [0.1, 0.15) is 0 Å². The molecule has 78 valence electrons. The maximum atomic E-state index is 9.67. The zero-order chi connectivity index (χ0) is 10.1. The Morgan fingerprint density at radius 2 is 2.43 bits per heavy atom. The summed E-state index contributed by atoms with van der Waals surface area (Å²) in [5.74, 6) is 0. The largest absolute Gasteiger partial charge is 0.391 e. The summed E-state index contributed by atoms with van der Waals surface area (Å²) in [5, 5.41) is 17.6. The van der Waals surface area contributed by atoms with E-state index >= 15 is 0 Å². The fourth-order valence-corrected chi connectivity index (χ4v) is 1.89. The molecule has 1 fully saturated rings. The van der Waals surface area contributed by atoms with E-state index in [2.05, 4.69) is 10.3 Å². The van der Waals surface area contributed by atoms with Gasteiger partial charge in [-0.3, -0.25) is 0 Å². The molecule has 2 unspecified atom stereocenters. The minimum absolute atomic E-state index is 0.0926. The highest BCUT2D eigenvalue weighted by Crippen LogP contribution is 2.29. The van der Waals surface area contributed by atoms with Crippen LogP contribution in [0.3, 0.4) is 0 Å². The number of nitrogens with two attached hydrogens (primary N) is 1. The fourth-order valence-electron chi connectivity index (χ4n) is 1.89. The molecule has 1 heterocycles. The first-order chi connectivity index (χ1) is 6.68. The van der Waals surface area contributed by atoms with E-state index < -0.39 is 0 Å². The molecule has 1 saturated carbocycles. The molecule has 0 amide bonds. The third kappa shape index (κ3) is 1.65. The molecule has 0 bridgehead atoms. The topological polar surface area (TPSA) is 77.0 Å². The lowest BCUT2D eigenvalue weighted by atomic mass is 10.2. The number of nitrogens with zero attached hydrogens (tertiary/aromatic N) is 3. The Labute approximate surface area is 82.9 Å². The third-order valence-electron chi connectivity index (χ3n) is 2.78. The van der Waals surface area contributed by atoms with Gasteiger partial charge < -0.3 is 10.8 Å². The number of aliphatic hydroxyl groups is 1. The summed E-state index contributed by atoms with van der Waals surface area (Å²) in [6.07, 6.45) is 4.45. The normalized spacial score (nSPS) is 29.4. The maximum absolute atomic E-state index is 9.67. The highest BCUT2D eigenvalue weighted by atomic mass is 16.3. The molecule has 0 aliphatic heterocycles. The van der Waals surface area contributed by atoms with Gasteiger partial charge in [0, 0.05) is 6.04 Å². The molecule has 1 aliphatic rings. The van der Waals surface area contributed by atoms with Crippen LogP contribution in [0, 0.1) is 0 Å². The van der Waals surface area contributed by atoms with E-state index in [9.17, 15) is 5.11 Å². The zero-order valence-electron chi connectivity index (χ0n) is 8.30. The summed E-state index contributed by atoms with van der Waals surface area (Å²) in [6.45, 7) is 1.87. The molecule has 3 atom stereocenters. The molecule has 14 heavy (non-hydrogen) atoms. The van der Waals surface area contributed by atoms with Crippen LogP contribution in [-0.2, 0) is 0 Å². The average Bonchev–Trinajstić information content (AvgIpc) is 2.71. The number of aliphatic hydroxyl groups excluding tert-OH is 1. The van der Waals surface area contributed by atoms with Crippen LogP contribution in [0.4, 0.5) is 0 Å². The van der Waals surface area contributed by atoms with Crippen LogP contribution in [0.1, 0.15) is 44.0 Å². The highest BCUT2D eigenvalue weighted by molar-refractivity contribution is 4.99. The van der Waals surface area contributed by atoms with E-state index in [4.69, 9.17) is 5.73 Å². The third-order valence-corrected chi connectivity index (χ3v) is 2.78. The number of hydrogen-bond donors (Lipinski definition) is 2. The smallest absolute Gasteiger partial charge is 0.0991 e. The average molecular weight is 196 g/mol. The van der Waals surface area contributed by atoms with Gasteiger partial charge in [0.2, 0.25) is 0 Å². The molecule has 1 aromatic rings. The Hall–Kier alpha value is -0.940. The molecule has 0 saturated heterocycles. The second-order valence-electron chi connectivity index (χ2n) is 3.98. The van der Waals surface area contributed by atoms with E-state index in [1.54, 1.807) is 4.68 Å². The van der Waals surface area contributed by atoms with Crippen molar-refractivity contribution in [3.05, 3.63) is 11.9 Å². The van der Waals surface area contributed by atoms with Crippen LogP contribution < -0.4 is 5.73 Å². The lowest BCUT2D eigenvalue weighted by Gasteiger charge is -2.13. The Kier molecular flexibility index (Phi) is 2.52. The number of rotatable bonds is 2. The van der Waals surface area contributed by atoms with E-state index in [-0.39, 0.29) is 18.2 Å². The molecule has 3 N–H and O–H groups in total. The van der Waals surface area contributed by atoms with Gasteiger partial charge in [0.05, 0.1) is 24.0 Å². The van der Waals surface area contributed by atoms with Crippen molar-refractivity contribution in [2.45, 2.75) is 44.4 Å². The summed E-state index contributed by atoms with van der Waals surface area (Å²) in [4.78, 5) is 0. The monoisotopic (exact) mass is 196 g/mol. The van der Waals surface area contributed by atoms with E-state index in [0.29, 0.717) is 0 Å². The molecule has 0 spiro atoms. The summed E-state index contributed by atoms with van der Waals surface area (Å²) < 4.78 is 1.75. The Bertz CT molecular complexity index is 310. The molecular formula is C9H16N4O. The van der Waals surface area contributed by atoms with Crippen molar-refractivity contribution in [3.63, 3.8) is 0 Å². The van der Waals surface area contributed by atoms with Gasteiger partial charge in [0.25, 0.3) is 0 Å². The van der Waals surface area contributed by atoms with Crippen LogP contribution in [-0.4, -0.2) is 26.2 Å². The SMILES string of the molecule is C[C@H](N)c1cn(C2CCCC2O)nn1. The van der Waals surface area contributed by atoms with E-state index in [1.165, 1.54) is 0 Å². The molecule has 0 radical (unpaired) electrons. The molecule has 2 rings (SSSR count). The van der Waals surface area contributed by atoms with Gasteiger partial charge in [-0.1, -0.05) is 5.21 Å². The van der Waals surface area contributed by atoms with Gasteiger partial charge in [-0.2, -0.15) is 0 Å².